The predicted octanol–water partition coefficient (Wildman–Crippen LogP) is 3.67. The van der Waals surface area contributed by atoms with Gasteiger partial charge in [0.1, 0.15) is 0 Å². The van der Waals surface area contributed by atoms with Gasteiger partial charge in [-0.15, -0.1) is 0 Å². The first-order valence-corrected chi connectivity index (χ1v) is 15.9. The molecule has 0 N–H and O–H groups in total. The molecule has 0 heterocycles. The summed E-state index contributed by atoms with van der Waals surface area (Å²) in [6.45, 7) is 9.16. The predicted molar refractivity (Wildman–Crippen MR) is 98.6 cm³/mol. The van der Waals surface area contributed by atoms with Gasteiger partial charge in [0.15, 0.2) is 18.1 Å². The molecule has 118 valence electrons. The molecule has 2 rings (SSSR count). The van der Waals surface area contributed by atoms with Crippen LogP contribution in [-0.2, 0) is 8.23 Å². The molecule has 1 saturated carbocycles. The van der Waals surface area contributed by atoms with Crippen LogP contribution in [0.25, 0.3) is 0 Å². The van der Waals surface area contributed by atoms with E-state index in [9.17, 15) is 0 Å². The Balaban J connectivity index is 2.41. The monoisotopic (exact) mass is 338 g/mol. The highest BCUT2D eigenvalue weighted by Crippen LogP contribution is 2.38. The van der Waals surface area contributed by atoms with Gasteiger partial charge >= 0.3 is 8.56 Å². The first-order chi connectivity index (χ1) is 10.0. The van der Waals surface area contributed by atoms with Crippen LogP contribution in [0.3, 0.4) is 0 Å². The molecule has 1 aromatic rings. The lowest BCUT2D eigenvalue weighted by Crippen LogP contribution is -2.61. The summed E-state index contributed by atoms with van der Waals surface area (Å²) in [6, 6.07) is 10.9. The molecule has 1 aromatic carbocycles. The maximum atomic E-state index is 6.76. The second kappa shape index (κ2) is 7.87. The van der Waals surface area contributed by atoms with Crippen LogP contribution >= 0.6 is 0 Å². The third-order valence-electron chi connectivity index (χ3n) is 4.14. The van der Waals surface area contributed by atoms with E-state index in [-0.39, 0.29) is 0 Å². The van der Waals surface area contributed by atoms with Gasteiger partial charge in [-0.2, -0.15) is 0 Å². The van der Waals surface area contributed by atoms with Gasteiger partial charge in [-0.3, -0.25) is 0 Å². The van der Waals surface area contributed by atoms with E-state index in [1.807, 2.05) is 0 Å². The molecule has 0 unspecified atom stereocenters. The maximum absolute atomic E-state index is 6.76. The van der Waals surface area contributed by atoms with Crippen LogP contribution < -0.4 is 5.19 Å². The molecule has 0 amide bonds. The molecule has 2 nitrogen and oxygen atoms in total. The summed E-state index contributed by atoms with van der Waals surface area (Å²) < 4.78 is 13.5. The first kappa shape index (κ1) is 17.1. The molecular formula is C16H30O2Si3. The first-order valence-electron chi connectivity index (χ1n) is 8.45. The topological polar surface area (TPSA) is 18.5 Å². The minimum Gasteiger partial charge on any atom is -0.436 e. The molecule has 0 saturated heterocycles. The molecule has 0 aromatic heterocycles. The molecule has 1 fully saturated rings. The molecular weight excluding hydrogens is 308 g/mol. The largest absolute Gasteiger partial charge is 0.436 e. The van der Waals surface area contributed by atoms with Gasteiger partial charge in [0.05, 0.1) is 0 Å². The summed E-state index contributed by atoms with van der Waals surface area (Å²) >= 11 is 0. The lowest BCUT2D eigenvalue weighted by Gasteiger charge is -2.42. The average Bonchev–Trinajstić information content (AvgIpc) is 2.47. The van der Waals surface area contributed by atoms with Crippen molar-refractivity contribution < 1.29 is 8.23 Å². The Morgan fingerprint density at radius 2 is 1.38 bits per heavy atom. The molecule has 0 aliphatic heterocycles. The van der Waals surface area contributed by atoms with E-state index in [0.717, 1.165) is 0 Å². The number of benzene rings is 1. The normalized spacial score (nSPS) is 17.6. The summed E-state index contributed by atoms with van der Waals surface area (Å²) in [6.07, 6.45) is 6.66. The fourth-order valence-corrected chi connectivity index (χ4v) is 14.7. The second-order valence-electron chi connectivity index (χ2n) is 6.70. The summed E-state index contributed by atoms with van der Waals surface area (Å²) in [5, 5.41) is 1.37. The highest BCUT2D eigenvalue weighted by atomic mass is 28.5. The van der Waals surface area contributed by atoms with Gasteiger partial charge in [-0.05, 0) is 44.2 Å². The Hall–Kier alpha value is -0.209. The molecule has 0 spiro atoms. The van der Waals surface area contributed by atoms with Gasteiger partial charge in [0.2, 0.25) is 0 Å². The number of hydrogen-bond donors (Lipinski definition) is 0. The number of hydrogen-bond acceptors (Lipinski definition) is 2. The van der Waals surface area contributed by atoms with Crippen LogP contribution in [0.5, 0.6) is 0 Å². The summed E-state index contributed by atoms with van der Waals surface area (Å²) in [5.74, 6) is 0. The Bertz CT molecular complexity index is 407. The van der Waals surface area contributed by atoms with E-state index in [4.69, 9.17) is 8.23 Å². The van der Waals surface area contributed by atoms with Crippen molar-refractivity contribution in [3.63, 3.8) is 0 Å². The Morgan fingerprint density at radius 1 is 0.857 bits per heavy atom. The smallest absolute Gasteiger partial charge is 0.354 e. The standard InChI is InChI=1S/C16H30O2Si3/c1-19(2)17-21(18-20(3)4,15-11-7-5-8-12-15)16-13-9-6-10-14-16/h5,7-8,11-12,16,19-20H,6,9-10,13-14H2,1-4H3. The Labute approximate surface area is 134 Å². The molecule has 0 radical (unpaired) electrons. The SMILES string of the molecule is C[SiH](C)O[Si](O[SiH](C)C)(c1ccccc1)C1CCCCC1. The highest BCUT2D eigenvalue weighted by Gasteiger charge is 2.48. The van der Waals surface area contributed by atoms with Crippen LogP contribution in [0.1, 0.15) is 32.1 Å². The Kier molecular flexibility index (Phi) is 6.43. The van der Waals surface area contributed by atoms with Crippen LogP contribution in [0, 0.1) is 0 Å². The minimum atomic E-state index is -2.27. The van der Waals surface area contributed by atoms with E-state index in [1.165, 1.54) is 37.3 Å². The van der Waals surface area contributed by atoms with Crippen LogP contribution in [0.4, 0.5) is 0 Å². The van der Waals surface area contributed by atoms with Crippen molar-refractivity contribution in [2.45, 2.75) is 63.8 Å². The van der Waals surface area contributed by atoms with Crippen molar-refractivity contribution >= 4 is 31.8 Å². The highest BCUT2D eigenvalue weighted by molar-refractivity contribution is 6.90. The Morgan fingerprint density at radius 3 is 1.86 bits per heavy atom. The van der Waals surface area contributed by atoms with E-state index < -0.39 is 26.6 Å². The zero-order chi connectivity index (χ0) is 15.3. The van der Waals surface area contributed by atoms with E-state index in [1.54, 1.807) is 0 Å². The van der Waals surface area contributed by atoms with Crippen LogP contribution in [0.15, 0.2) is 30.3 Å². The van der Waals surface area contributed by atoms with Crippen LogP contribution in [-0.4, -0.2) is 26.6 Å². The summed E-state index contributed by atoms with van der Waals surface area (Å²) in [5.41, 5.74) is 0.651. The van der Waals surface area contributed by atoms with Gasteiger partial charge in [-0.1, -0.05) is 49.6 Å². The van der Waals surface area contributed by atoms with Gasteiger partial charge < -0.3 is 8.23 Å². The third kappa shape index (κ3) is 4.39. The maximum Gasteiger partial charge on any atom is 0.354 e. The molecule has 1 aliphatic carbocycles. The van der Waals surface area contributed by atoms with E-state index in [0.29, 0.717) is 5.54 Å². The zero-order valence-corrected chi connectivity index (χ0v) is 17.3. The van der Waals surface area contributed by atoms with Crippen LogP contribution in [0.2, 0.25) is 31.7 Å². The summed E-state index contributed by atoms with van der Waals surface area (Å²) in [7, 11) is -4.55. The van der Waals surface area contributed by atoms with Crippen molar-refractivity contribution in [2.75, 3.05) is 0 Å². The lowest BCUT2D eigenvalue weighted by molar-refractivity contribution is 0.353. The summed E-state index contributed by atoms with van der Waals surface area (Å²) in [4.78, 5) is 0. The molecule has 5 heteroatoms. The number of rotatable bonds is 6. The zero-order valence-electron chi connectivity index (χ0n) is 14.0. The quantitative estimate of drug-likeness (QED) is 0.737. The fourth-order valence-electron chi connectivity index (χ4n) is 3.45. The molecule has 21 heavy (non-hydrogen) atoms. The molecule has 1 aliphatic rings. The van der Waals surface area contributed by atoms with Crippen molar-refractivity contribution in [3.05, 3.63) is 30.3 Å². The van der Waals surface area contributed by atoms with Crippen molar-refractivity contribution in [3.8, 4) is 0 Å². The minimum absolute atomic E-state index is 0.651. The van der Waals surface area contributed by atoms with Crippen molar-refractivity contribution in [2.24, 2.45) is 0 Å². The molecule has 0 atom stereocenters. The third-order valence-corrected chi connectivity index (χ3v) is 13.5. The second-order valence-corrected chi connectivity index (χ2v) is 15.5. The fraction of sp³-hybridized carbons (Fsp3) is 0.625. The van der Waals surface area contributed by atoms with Crippen molar-refractivity contribution in [1.82, 2.24) is 0 Å². The van der Waals surface area contributed by atoms with Gasteiger partial charge in [-0.25, -0.2) is 0 Å². The van der Waals surface area contributed by atoms with Crippen molar-refractivity contribution in [1.29, 1.82) is 0 Å². The van der Waals surface area contributed by atoms with E-state index in [2.05, 4.69) is 56.5 Å². The molecule has 0 bridgehead atoms. The van der Waals surface area contributed by atoms with Gasteiger partial charge in [0, 0.05) is 5.54 Å². The van der Waals surface area contributed by atoms with Gasteiger partial charge in [0.25, 0.3) is 0 Å². The van der Waals surface area contributed by atoms with E-state index >= 15 is 0 Å². The average molecular weight is 339 g/mol. The lowest BCUT2D eigenvalue weighted by atomic mass is 10.0.